The van der Waals surface area contributed by atoms with E-state index in [1.807, 2.05) is 24.4 Å². The minimum Gasteiger partial charge on any atom is -0.493 e. The van der Waals surface area contributed by atoms with Gasteiger partial charge in [0.15, 0.2) is 11.5 Å². The Morgan fingerprint density at radius 2 is 2.14 bits per heavy atom. The third-order valence-corrected chi connectivity index (χ3v) is 3.96. The first-order valence-corrected chi connectivity index (χ1v) is 7.28. The van der Waals surface area contributed by atoms with Gasteiger partial charge in [0.25, 0.3) is 0 Å². The first-order valence-electron chi connectivity index (χ1n) is 7.28. The van der Waals surface area contributed by atoms with Gasteiger partial charge >= 0.3 is 0 Å². The van der Waals surface area contributed by atoms with E-state index in [1.54, 1.807) is 14.2 Å². The Morgan fingerprint density at radius 1 is 1.33 bits per heavy atom. The number of carbonyl (C=O) groups excluding carboxylic acids is 1. The van der Waals surface area contributed by atoms with Crippen LogP contribution in [0.2, 0.25) is 0 Å². The summed E-state index contributed by atoms with van der Waals surface area (Å²) in [7, 11) is 3.31. The summed E-state index contributed by atoms with van der Waals surface area (Å²) in [5.74, 6) is 2.20. The van der Waals surface area contributed by atoms with Gasteiger partial charge in [0.05, 0.1) is 13.7 Å². The van der Waals surface area contributed by atoms with Crippen LogP contribution < -0.4 is 9.47 Å². The molecule has 21 heavy (non-hydrogen) atoms. The predicted octanol–water partition coefficient (Wildman–Crippen LogP) is 2.42. The lowest BCUT2D eigenvalue weighted by molar-refractivity contribution is -0.130. The summed E-state index contributed by atoms with van der Waals surface area (Å²) in [5, 5.41) is 5.49. The Morgan fingerprint density at radius 3 is 2.81 bits per heavy atom. The van der Waals surface area contributed by atoms with Crippen LogP contribution in [0, 0.1) is 5.92 Å². The average molecular weight is 288 g/mol. The fourth-order valence-electron chi connectivity index (χ4n) is 2.35. The van der Waals surface area contributed by atoms with E-state index in [0.29, 0.717) is 12.3 Å². The molecule has 2 aliphatic rings. The number of hydrogen-bond acceptors (Lipinski definition) is 4. The lowest BCUT2D eigenvalue weighted by atomic mass is 9.95. The van der Waals surface area contributed by atoms with Gasteiger partial charge in [0, 0.05) is 25.6 Å². The molecule has 1 aromatic carbocycles. The van der Waals surface area contributed by atoms with E-state index < -0.39 is 0 Å². The van der Waals surface area contributed by atoms with Crippen molar-refractivity contribution in [3.63, 3.8) is 0 Å². The van der Waals surface area contributed by atoms with Gasteiger partial charge in [-0.2, -0.15) is 5.10 Å². The maximum absolute atomic E-state index is 11.8. The highest BCUT2D eigenvalue weighted by Crippen LogP contribution is 2.35. The molecule has 0 spiro atoms. The molecule has 1 amide bonds. The number of amides is 1. The highest BCUT2D eigenvalue weighted by atomic mass is 16.5. The highest BCUT2D eigenvalue weighted by molar-refractivity contribution is 5.86. The van der Waals surface area contributed by atoms with Gasteiger partial charge in [-0.3, -0.25) is 4.79 Å². The standard InChI is InChI=1S/C16H20N2O3/c1-18-16(19)8-13(9-17-18)12-5-6-14(20-2)15(7-12)21-10-11-3-4-11/h5-7,9,11,13H,3-4,8,10H2,1-2H3. The number of carbonyl (C=O) groups is 1. The minimum atomic E-state index is 0.00267. The summed E-state index contributed by atoms with van der Waals surface area (Å²) in [4.78, 5) is 11.8. The van der Waals surface area contributed by atoms with Gasteiger partial charge < -0.3 is 9.47 Å². The molecule has 1 aliphatic carbocycles. The molecular weight excluding hydrogens is 268 g/mol. The van der Waals surface area contributed by atoms with Crippen LogP contribution in [0.25, 0.3) is 0 Å². The fraction of sp³-hybridized carbons (Fsp3) is 0.500. The van der Waals surface area contributed by atoms with Crippen molar-refractivity contribution in [1.82, 2.24) is 5.01 Å². The minimum absolute atomic E-state index is 0.00267. The fourth-order valence-corrected chi connectivity index (χ4v) is 2.35. The second-order valence-corrected chi connectivity index (χ2v) is 5.66. The zero-order valence-corrected chi connectivity index (χ0v) is 12.4. The Kier molecular flexibility index (Phi) is 3.82. The van der Waals surface area contributed by atoms with Crippen molar-refractivity contribution < 1.29 is 14.3 Å². The van der Waals surface area contributed by atoms with E-state index in [1.165, 1.54) is 17.9 Å². The zero-order chi connectivity index (χ0) is 14.8. The molecule has 5 nitrogen and oxygen atoms in total. The molecule has 0 N–H and O–H groups in total. The van der Waals surface area contributed by atoms with E-state index in [2.05, 4.69) is 5.10 Å². The van der Waals surface area contributed by atoms with E-state index in [4.69, 9.17) is 9.47 Å². The summed E-state index contributed by atoms with van der Waals surface area (Å²) in [6.07, 6.45) is 4.75. The second kappa shape index (κ2) is 5.76. The Labute approximate surface area is 124 Å². The molecule has 0 radical (unpaired) electrons. The number of benzene rings is 1. The summed E-state index contributed by atoms with van der Waals surface area (Å²) < 4.78 is 11.2. The van der Waals surface area contributed by atoms with E-state index >= 15 is 0 Å². The topological polar surface area (TPSA) is 51.1 Å². The number of rotatable bonds is 5. The maximum Gasteiger partial charge on any atom is 0.243 e. The molecule has 0 aromatic heterocycles. The van der Waals surface area contributed by atoms with Crippen LogP contribution in [0.5, 0.6) is 11.5 Å². The van der Waals surface area contributed by atoms with Crippen molar-refractivity contribution in [2.75, 3.05) is 20.8 Å². The van der Waals surface area contributed by atoms with Gasteiger partial charge in [0.1, 0.15) is 0 Å². The zero-order valence-electron chi connectivity index (χ0n) is 12.4. The first-order chi connectivity index (χ1) is 10.2. The lowest BCUT2D eigenvalue weighted by Gasteiger charge is -2.22. The van der Waals surface area contributed by atoms with Crippen LogP contribution in [-0.4, -0.2) is 37.9 Å². The summed E-state index contributed by atoms with van der Waals surface area (Å²) in [5.41, 5.74) is 1.03. The van der Waals surface area contributed by atoms with E-state index in [9.17, 15) is 4.79 Å². The Bertz CT molecular complexity index is 567. The molecule has 1 atom stereocenters. The third-order valence-electron chi connectivity index (χ3n) is 3.96. The Balaban J connectivity index is 1.80. The average Bonchev–Trinajstić information content (AvgIpc) is 3.32. The van der Waals surface area contributed by atoms with Crippen LogP contribution in [0.4, 0.5) is 0 Å². The molecule has 1 aromatic rings. The smallest absolute Gasteiger partial charge is 0.243 e. The van der Waals surface area contributed by atoms with Crippen molar-refractivity contribution in [3.8, 4) is 11.5 Å². The number of nitrogens with zero attached hydrogens (tertiary/aromatic N) is 2. The number of hydrogen-bond donors (Lipinski definition) is 0. The quantitative estimate of drug-likeness (QED) is 0.836. The highest BCUT2D eigenvalue weighted by Gasteiger charge is 2.24. The molecule has 1 unspecified atom stereocenters. The number of methoxy groups -OCH3 is 1. The number of hydrazone groups is 1. The van der Waals surface area contributed by atoms with Gasteiger partial charge in [-0.05, 0) is 36.5 Å². The van der Waals surface area contributed by atoms with E-state index in [0.717, 1.165) is 23.7 Å². The largest absolute Gasteiger partial charge is 0.493 e. The second-order valence-electron chi connectivity index (χ2n) is 5.66. The monoisotopic (exact) mass is 288 g/mol. The third kappa shape index (κ3) is 3.17. The van der Waals surface area contributed by atoms with Crippen molar-refractivity contribution in [2.24, 2.45) is 11.0 Å². The SMILES string of the molecule is COc1ccc(C2C=NN(C)C(=O)C2)cc1OCC1CC1. The van der Waals surface area contributed by atoms with Crippen LogP contribution >= 0.6 is 0 Å². The molecule has 1 aliphatic heterocycles. The van der Waals surface area contributed by atoms with Crippen molar-refractivity contribution in [3.05, 3.63) is 23.8 Å². The predicted molar refractivity (Wildman–Crippen MR) is 79.8 cm³/mol. The molecule has 1 saturated carbocycles. The maximum atomic E-state index is 11.8. The van der Waals surface area contributed by atoms with Gasteiger partial charge in [-0.1, -0.05) is 6.07 Å². The van der Waals surface area contributed by atoms with E-state index in [-0.39, 0.29) is 11.8 Å². The number of ether oxygens (including phenoxy) is 2. The van der Waals surface area contributed by atoms with Crippen molar-refractivity contribution in [1.29, 1.82) is 0 Å². The van der Waals surface area contributed by atoms with Crippen molar-refractivity contribution >= 4 is 12.1 Å². The first kappa shape index (κ1) is 13.9. The van der Waals surface area contributed by atoms with Gasteiger partial charge in [0.2, 0.25) is 5.91 Å². The van der Waals surface area contributed by atoms with Crippen molar-refractivity contribution in [2.45, 2.75) is 25.2 Å². The molecule has 1 heterocycles. The Hall–Kier alpha value is -2.04. The molecule has 3 rings (SSSR count). The summed E-state index contributed by atoms with van der Waals surface area (Å²) in [6.45, 7) is 0.736. The molecule has 0 bridgehead atoms. The lowest BCUT2D eigenvalue weighted by Crippen LogP contribution is -2.28. The molecule has 5 heteroatoms. The van der Waals surface area contributed by atoms with Gasteiger partial charge in [-0.15, -0.1) is 0 Å². The van der Waals surface area contributed by atoms with Crippen LogP contribution in [0.3, 0.4) is 0 Å². The normalized spacial score (nSPS) is 21.5. The van der Waals surface area contributed by atoms with Crippen LogP contribution in [-0.2, 0) is 4.79 Å². The summed E-state index contributed by atoms with van der Waals surface area (Å²) >= 11 is 0. The summed E-state index contributed by atoms with van der Waals surface area (Å²) in [6, 6.07) is 5.84. The molecular formula is C16H20N2O3. The van der Waals surface area contributed by atoms with Crippen LogP contribution in [0.1, 0.15) is 30.7 Å². The molecule has 0 saturated heterocycles. The molecule has 112 valence electrons. The van der Waals surface area contributed by atoms with Gasteiger partial charge in [-0.25, -0.2) is 5.01 Å². The van der Waals surface area contributed by atoms with Crippen LogP contribution in [0.15, 0.2) is 23.3 Å². The molecule has 1 fully saturated rings.